The monoisotopic (exact) mass is 822 g/mol. The first-order valence-corrected chi connectivity index (χ1v) is 22.4. The largest absolute Gasteiger partial charge is 0.345 e. The molecule has 1 aliphatic rings. The minimum atomic E-state index is -0.105. The predicted octanol–water partition coefficient (Wildman–Crippen LogP) is 17.2. The summed E-state index contributed by atoms with van der Waals surface area (Å²) in [6.07, 6.45) is 0. The smallest absolute Gasteiger partial charge is 0.0463 e. The first kappa shape index (κ1) is 39.2. The van der Waals surface area contributed by atoms with Gasteiger partial charge in [-0.25, -0.2) is 0 Å². The lowest BCUT2D eigenvalue weighted by Crippen LogP contribution is -2.14. The summed E-state index contributed by atoms with van der Waals surface area (Å²) in [4.78, 5) is 4.65. The van der Waals surface area contributed by atoms with Crippen molar-refractivity contribution in [1.29, 1.82) is 0 Å². The van der Waals surface area contributed by atoms with Gasteiger partial charge >= 0.3 is 0 Å². The molecule has 0 fully saturated rings. The highest BCUT2D eigenvalue weighted by molar-refractivity contribution is 6.23. The van der Waals surface area contributed by atoms with E-state index in [4.69, 9.17) is 0 Å². The molecule has 0 bridgehead atoms. The van der Waals surface area contributed by atoms with E-state index in [1.165, 1.54) is 88.3 Å². The summed E-state index contributed by atoms with van der Waals surface area (Å²) in [5.74, 6) is 0. The van der Waals surface area contributed by atoms with E-state index >= 15 is 0 Å². The zero-order valence-corrected chi connectivity index (χ0v) is 37.1. The van der Waals surface area contributed by atoms with Gasteiger partial charge in [0.1, 0.15) is 0 Å². The Hall–Kier alpha value is -7.68. The zero-order valence-electron chi connectivity index (χ0n) is 37.1. The SMILES string of the molecule is Cc1ccccc1-c1ccc(-c2c3ccccc3c(-c3ccc4c(c3)C(C)(C)c3ccccc3-4)c3c(C)cc(N(C)c4ccc(N(c5ccccc5)c5ccccc5)cc4)cc23)cc1. The first-order valence-electron chi connectivity index (χ1n) is 22.4. The lowest BCUT2D eigenvalue weighted by Gasteiger charge is -2.27. The lowest BCUT2D eigenvalue weighted by molar-refractivity contribution is 0.660. The van der Waals surface area contributed by atoms with Gasteiger partial charge in [-0.3, -0.25) is 0 Å². The van der Waals surface area contributed by atoms with Crippen LogP contribution in [0.1, 0.15) is 36.1 Å². The molecule has 0 N–H and O–H groups in total. The second-order valence-corrected chi connectivity index (χ2v) is 17.9. The number of aryl methyl sites for hydroxylation is 2. The summed E-state index contributed by atoms with van der Waals surface area (Å²) in [7, 11) is 2.20. The molecule has 0 atom stereocenters. The molecule has 0 amide bonds. The minimum absolute atomic E-state index is 0.105. The van der Waals surface area contributed by atoms with Crippen molar-refractivity contribution in [3.05, 3.63) is 235 Å². The van der Waals surface area contributed by atoms with E-state index in [-0.39, 0.29) is 5.41 Å². The number of nitrogens with zero attached hydrogens (tertiary/aromatic N) is 2. The average Bonchev–Trinajstić information content (AvgIpc) is 3.57. The van der Waals surface area contributed by atoms with Gasteiger partial charge in [0.05, 0.1) is 0 Å². The maximum atomic E-state index is 2.49. The Morgan fingerprint density at radius 3 is 1.53 bits per heavy atom. The molecule has 2 nitrogen and oxygen atoms in total. The summed E-state index contributed by atoms with van der Waals surface area (Å²) >= 11 is 0. The number of anilines is 5. The standard InChI is InChI=1S/C62H50N2/c1-41-18-12-13-23-51(41)43-28-30-44(31-29-43)60-54-25-14-15-26-55(54)61(45-32-37-53-52-24-16-17-27-57(52)62(3,4)58(53)39-45)59-42(2)38-50(40-56(59)60)63(5)46-33-35-49(36-34-46)64(47-19-8-6-9-20-47)48-21-10-7-11-22-48/h6-40H,1-5H3. The lowest BCUT2D eigenvalue weighted by atomic mass is 9.80. The Morgan fingerprint density at radius 1 is 0.344 bits per heavy atom. The first-order chi connectivity index (χ1) is 31.3. The molecule has 64 heavy (non-hydrogen) atoms. The molecule has 10 aromatic rings. The van der Waals surface area contributed by atoms with Crippen LogP contribution in [0.25, 0.3) is 66.1 Å². The van der Waals surface area contributed by atoms with Crippen molar-refractivity contribution in [2.45, 2.75) is 33.1 Å². The van der Waals surface area contributed by atoms with Gasteiger partial charge in [-0.05, 0) is 169 Å². The third kappa shape index (κ3) is 6.48. The highest BCUT2D eigenvalue weighted by Crippen LogP contribution is 2.52. The van der Waals surface area contributed by atoms with E-state index in [2.05, 4.69) is 257 Å². The maximum absolute atomic E-state index is 2.49. The van der Waals surface area contributed by atoms with Gasteiger partial charge in [-0.15, -0.1) is 0 Å². The highest BCUT2D eigenvalue weighted by atomic mass is 15.1. The Balaban J connectivity index is 1.09. The molecule has 10 aromatic carbocycles. The third-order valence-electron chi connectivity index (χ3n) is 13.7. The summed E-state index contributed by atoms with van der Waals surface area (Å²) < 4.78 is 0. The topological polar surface area (TPSA) is 6.48 Å². The number of rotatable bonds is 8. The Kier molecular flexibility index (Phi) is 9.55. The summed E-state index contributed by atoms with van der Waals surface area (Å²) in [5.41, 5.74) is 21.0. The van der Waals surface area contributed by atoms with Crippen molar-refractivity contribution in [3.8, 4) is 44.5 Å². The Bertz CT molecular complexity index is 3320. The van der Waals surface area contributed by atoms with E-state index in [0.717, 1.165) is 28.4 Å². The van der Waals surface area contributed by atoms with Crippen LogP contribution >= 0.6 is 0 Å². The fourth-order valence-corrected chi connectivity index (χ4v) is 10.4. The van der Waals surface area contributed by atoms with Crippen molar-refractivity contribution in [2.75, 3.05) is 16.8 Å². The van der Waals surface area contributed by atoms with Crippen molar-refractivity contribution in [3.63, 3.8) is 0 Å². The van der Waals surface area contributed by atoms with Crippen LogP contribution in [0.2, 0.25) is 0 Å². The number of benzene rings is 10. The Morgan fingerprint density at radius 2 is 0.859 bits per heavy atom. The molecular weight excluding hydrogens is 773 g/mol. The van der Waals surface area contributed by atoms with Gasteiger partial charge in [0, 0.05) is 40.9 Å². The van der Waals surface area contributed by atoms with Crippen molar-refractivity contribution in [2.24, 2.45) is 0 Å². The van der Waals surface area contributed by atoms with Crippen molar-refractivity contribution in [1.82, 2.24) is 0 Å². The number of para-hydroxylation sites is 2. The van der Waals surface area contributed by atoms with E-state index in [1.54, 1.807) is 0 Å². The van der Waals surface area contributed by atoms with Crippen LogP contribution in [0.15, 0.2) is 212 Å². The van der Waals surface area contributed by atoms with E-state index in [0.29, 0.717) is 0 Å². The van der Waals surface area contributed by atoms with Crippen LogP contribution in [0.5, 0.6) is 0 Å². The molecule has 0 spiro atoms. The van der Waals surface area contributed by atoms with E-state index in [9.17, 15) is 0 Å². The second kappa shape index (κ2) is 15.6. The van der Waals surface area contributed by atoms with Gasteiger partial charge < -0.3 is 9.80 Å². The molecular formula is C62H50N2. The van der Waals surface area contributed by atoms with E-state index in [1.807, 2.05) is 0 Å². The van der Waals surface area contributed by atoms with Crippen LogP contribution in [0.4, 0.5) is 28.4 Å². The van der Waals surface area contributed by atoms with Crippen LogP contribution in [-0.4, -0.2) is 7.05 Å². The number of hydrogen-bond donors (Lipinski definition) is 0. The molecule has 0 radical (unpaired) electrons. The van der Waals surface area contributed by atoms with Gasteiger partial charge in [0.25, 0.3) is 0 Å². The summed E-state index contributed by atoms with van der Waals surface area (Å²) in [6, 6.07) is 78.1. The highest BCUT2D eigenvalue weighted by Gasteiger charge is 2.35. The van der Waals surface area contributed by atoms with Gasteiger partial charge in [-0.2, -0.15) is 0 Å². The van der Waals surface area contributed by atoms with Crippen LogP contribution < -0.4 is 9.80 Å². The molecule has 0 aliphatic heterocycles. The normalized spacial score (nSPS) is 12.6. The molecule has 2 heteroatoms. The molecule has 0 unspecified atom stereocenters. The predicted molar refractivity (Wildman–Crippen MR) is 274 cm³/mol. The summed E-state index contributed by atoms with van der Waals surface area (Å²) in [5, 5.41) is 5.06. The van der Waals surface area contributed by atoms with Crippen LogP contribution in [-0.2, 0) is 5.41 Å². The Labute approximate surface area is 377 Å². The molecule has 308 valence electrons. The molecule has 11 rings (SSSR count). The fourth-order valence-electron chi connectivity index (χ4n) is 10.4. The number of fused-ring (bicyclic) bond motifs is 5. The number of hydrogen-bond acceptors (Lipinski definition) is 2. The van der Waals surface area contributed by atoms with Crippen molar-refractivity contribution >= 4 is 50.0 Å². The third-order valence-corrected chi connectivity index (χ3v) is 13.7. The zero-order chi connectivity index (χ0) is 43.5. The molecule has 1 aliphatic carbocycles. The van der Waals surface area contributed by atoms with Crippen molar-refractivity contribution < 1.29 is 0 Å². The van der Waals surface area contributed by atoms with Gasteiger partial charge in [0.2, 0.25) is 0 Å². The average molecular weight is 823 g/mol. The maximum Gasteiger partial charge on any atom is 0.0463 e. The molecule has 0 heterocycles. The summed E-state index contributed by atoms with van der Waals surface area (Å²) in [6.45, 7) is 9.25. The molecule has 0 aromatic heterocycles. The van der Waals surface area contributed by atoms with Crippen LogP contribution in [0, 0.1) is 13.8 Å². The fraction of sp³-hybridized carbons (Fsp3) is 0.0968. The quantitative estimate of drug-likeness (QED) is 0.141. The van der Waals surface area contributed by atoms with Crippen LogP contribution in [0.3, 0.4) is 0 Å². The molecule has 0 saturated heterocycles. The van der Waals surface area contributed by atoms with E-state index < -0.39 is 0 Å². The minimum Gasteiger partial charge on any atom is -0.345 e. The van der Waals surface area contributed by atoms with Gasteiger partial charge in [-0.1, -0.05) is 159 Å². The second-order valence-electron chi connectivity index (χ2n) is 17.9. The molecule has 0 saturated carbocycles. The van der Waals surface area contributed by atoms with Gasteiger partial charge in [0.15, 0.2) is 0 Å².